The number of fused-ring (bicyclic) bond motifs is 6. The number of aliphatic hydroxyl groups excluding tert-OH is 1. The molecule has 289 valence electrons. The molecule has 0 bridgehead atoms. The van der Waals surface area contributed by atoms with Gasteiger partial charge in [-0.15, -0.1) is 29.1 Å². The van der Waals surface area contributed by atoms with Gasteiger partial charge in [0, 0.05) is 61.6 Å². The molecule has 6 heteroatoms. The van der Waals surface area contributed by atoms with Gasteiger partial charge in [0.25, 0.3) is 0 Å². The predicted octanol–water partition coefficient (Wildman–Crippen LogP) is 13.6. The molecule has 0 saturated heterocycles. The van der Waals surface area contributed by atoms with E-state index >= 15 is 0 Å². The van der Waals surface area contributed by atoms with Crippen molar-refractivity contribution in [3.63, 3.8) is 0 Å². The minimum Gasteiger partial charge on any atom is -0.512 e. The third-order valence-corrected chi connectivity index (χ3v) is 11.4. The van der Waals surface area contributed by atoms with Gasteiger partial charge in [-0.3, -0.25) is 9.78 Å². The summed E-state index contributed by atoms with van der Waals surface area (Å²) in [5.74, 6) is 0.750. The number of furan rings is 1. The van der Waals surface area contributed by atoms with Gasteiger partial charge in [-0.05, 0) is 61.3 Å². The summed E-state index contributed by atoms with van der Waals surface area (Å²) < 4.78 is 23.9. The first-order chi connectivity index (χ1) is 25.8. The van der Waals surface area contributed by atoms with E-state index in [1.165, 1.54) is 17.0 Å². The van der Waals surface area contributed by atoms with Gasteiger partial charge >= 0.3 is 0 Å². The minimum atomic E-state index is -1.47. The van der Waals surface area contributed by atoms with E-state index in [1.807, 2.05) is 98.7 Å². The number of hydrogen-bond acceptors (Lipinski definition) is 5. The molecule has 54 heavy (non-hydrogen) atoms. The van der Waals surface area contributed by atoms with Crippen LogP contribution in [0.25, 0.3) is 54.9 Å². The largest absolute Gasteiger partial charge is 0.512 e. The van der Waals surface area contributed by atoms with E-state index in [4.69, 9.17) is 12.1 Å². The van der Waals surface area contributed by atoms with Crippen molar-refractivity contribution in [2.45, 2.75) is 121 Å². The smallest absolute Gasteiger partial charge is 0.223 e. The maximum Gasteiger partial charge on any atom is 0.223 e. The molecule has 6 aromatic rings. The second kappa shape index (κ2) is 16.9. The van der Waals surface area contributed by atoms with Gasteiger partial charge in [0.1, 0.15) is 17.2 Å². The van der Waals surface area contributed by atoms with Crippen LogP contribution in [0.5, 0.6) is 0 Å². The number of aryl methyl sites for hydroxylation is 1. The summed E-state index contributed by atoms with van der Waals surface area (Å²) in [6.07, 6.45) is 3.29. The zero-order chi connectivity index (χ0) is 40.7. The third-order valence-electron chi connectivity index (χ3n) is 11.4. The van der Waals surface area contributed by atoms with Gasteiger partial charge in [0.05, 0.1) is 0 Å². The van der Waals surface area contributed by atoms with Crippen molar-refractivity contribution in [3.8, 4) is 11.3 Å². The molecule has 0 fully saturated rings. The van der Waals surface area contributed by atoms with Crippen molar-refractivity contribution >= 4 is 49.4 Å². The first-order valence-corrected chi connectivity index (χ1v) is 19.3. The van der Waals surface area contributed by atoms with Gasteiger partial charge in [0.2, 0.25) is 5.71 Å². The maximum atomic E-state index is 12.2. The van der Waals surface area contributed by atoms with Crippen LogP contribution in [0.1, 0.15) is 122 Å². The number of carbonyl (C=O) groups is 1. The molecule has 0 unspecified atom stereocenters. The van der Waals surface area contributed by atoms with E-state index in [0.29, 0.717) is 22.7 Å². The molecule has 1 N–H and O–H groups in total. The fourth-order valence-electron chi connectivity index (χ4n) is 6.89. The monoisotopic (exact) mass is 906 g/mol. The molecule has 4 aromatic carbocycles. The van der Waals surface area contributed by atoms with Crippen LogP contribution in [-0.2, 0) is 36.7 Å². The molecule has 0 aliphatic rings. The fourth-order valence-corrected chi connectivity index (χ4v) is 6.89. The molecule has 0 saturated carbocycles. The summed E-state index contributed by atoms with van der Waals surface area (Å²) in [5.41, 5.74) is 4.20. The summed E-state index contributed by atoms with van der Waals surface area (Å²) in [5, 5.41) is 15.9. The Morgan fingerprint density at radius 2 is 1.46 bits per heavy atom. The number of allylic oxidation sites excluding steroid dienone is 2. The first kappa shape index (κ1) is 39.8. The van der Waals surface area contributed by atoms with Crippen molar-refractivity contribution in [1.29, 1.82) is 0 Å². The Kier molecular flexibility index (Phi) is 12.4. The van der Waals surface area contributed by atoms with Gasteiger partial charge in [-0.1, -0.05) is 136 Å². The van der Waals surface area contributed by atoms with E-state index in [2.05, 4.69) is 56.1 Å². The summed E-state index contributed by atoms with van der Waals surface area (Å²) >= 11 is 0. The van der Waals surface area contributed by atoms with Crippen molar-refractivity contribution in [3.05, 3.63) is 95.5 Å². The minimum absolute atomic E-state index is 0. The standard InChI is InChI=1S/C33H31N2O.C15H28O2.Ir/c1-19(2)16-21-11-9-13-26-24(21)14-15-27-29-30(34-20(3)35-32(29)36-31(26)27)23-17-22-10-7-8-12-25(22)28(18-23)33(4,5)6;1-7-14(5,8-2)12(16)11-13(17)15(6,9-3)10-4;/h7-15,18-19H,16H2,1-6H3;11,16H,7-10H2,1-6H3;/q-1;;/b;12-11-;/i16D2;;. The molecule has 0 atom stereocenters. The molecule has 2 aromatic heterocycles. The summed E-state index contributed by atoms with van der Waals surface area (Å²) in [6, 6.07) is 24.0. The Balaban J connectivity index is 0.000000330. The van der Waals surface area contributed by atoms with Crippen LogP contribution >= 0.6 is 0 Å². The van der Waals surface area contributed by atoms with E-state index in [9.17, 15) is 9.90 Å². The zero-order valence-electron chi connectivity index (χ0n) is 36.2. The number of carbonyl (C=O) groups excluding carboxylic acids is 1. The molecule has 2 heterocycles. The Morgan fingerprint density at radius 3 is 2.07 bits per heavy atom. The van der Waals surface area contributed by atoms with Crippen molar-refractivity contribution in [1.82, 2.24) is 9.97 Å². The number of aromatic nitrogens is 2. The van der Waals surface area contributed by atoms with Crippen LogP contribution in [0.4, 0.5) is 0 Å². The maximum absolute atomic E-state index is 12.2. The normalized spacial score (nSPS) is 13.5. The molecule has 0 amide bonds. The molecule has 6 rings (SSSR count). The van der Waals surface area contributed by atoms with Crippen LogP contribution < -0.4 is 0 Å². The SMILES string of the molecule is CCC(C)(CC)C(=O)/C=C(\O)C(C)(CC)CC.[2H]C([2H])(c1cccc2c1ccc1c2oc2nc(C)nc(-c3[c-]c4ccccc4c(C(C)(C)C)c3)c21)C(C)C.[Ir]. The molecule has 1 radical (unpaired) electrons. The van der Waals surface area contributed by atoms with Crippen molar-refractivity contribution in [2.24, 2.45) is 16.7 Å². The molecule has 0 spiro atoms. The molecule has 0 aliphatic heterocycles. The topological polar surface area (TPSA) is 76.2 Å². The van der Waals surface area contributed by atoms with Gasteiger partial charge < -0.3 is 9.52 Å². The number of benzene rings is 4. The van der Waals surface area contributed by atoms with E-state index in [-0.39, 0.29) is 53.8 Å². The molecule has 0 aliphatic carbocycles. The quantitative estimate of drug-likeness (QED) is 0.0842. The Hall–Kier alpha value is -3.86. The zero-order valence-corrected chi connectivity index (χ0v) is 36.6. The average Bonchev–Trinajstić information content (AvgIpc) is 3.54. The molecular weight excluding hydrogens is 845 g/mol. The second-order valence-corrected chi connectivity index (χ2v) is 16.4. The Morgan fingerprint density at radius 1 is 0.852 bits per heavy atom. The van der Waals surface area contributed by atoms with E-state index in [1.54, 1.807) is 0 Å². The van der Waals surface area contributed by atoms with Crippen molar-refractivity contribution in [2.75, 3.05) is 0 Å². The fraction of sp³-hybridized carbons (Fsp3) is 0.438. The first-order valence-electron chi connectivity index (χ1n) is 20.3. The average molecular weight is 906 g/mol. The molecule has 5 nitrogen and oxygen atoms in total. The van der Waals surface area contributed by atoms with Gasteiger partial charge in [-0.2, -0.15) is 4.98 Å². The summed E-state index contributed by atoms with van der Waals surface area (Å²) in [6.45, 7) is 24.5. The number of nitrogens with zero attached hydrogens (tertiary/aromatic N) is 2. The van der Waals surface area contributed by atoms with Gasteiger partial charge in [0.15, 0.2) is 5.78 Å². The number of rotatable bonds is 10. The number of hydrogen-bond donors (Lipinski definition) is 1. The van der Waals surface area contributed by atoms with Crippen LogP contribution in [0.15, 0.2) is 76.9 Å². The van der Waals surface area contributed by atoms with Crippen LogP contribution in [0, 0.1) is 29.7 Å². The predicted molar refractivity (Wildman–Crippen MR) is 224 cm³/mol. The number of ketones is 1. The van der Waals surface area contributed by atoms with Gasteiger partial charge in [-0.25, -0.2) is 0 Å². The Labute approximate surface area is 339 Å². The summed E-state index contributed by atoms with van der Waals surface area (Å²) in [4.78, 5) is 21.8. The van der Waals surface area contributed by atoms with Crippen LogP contribution in [0.2, 0.25) is 0 Å². The second-order valence-electron chi connectivity index (χ2n) is 16.4. The van der Waals surface area contributed by atoms with Crippen LogP contribution in [0.3, 0.4) is 0 Å². The van der Waals surface area contributed by atoms with E-state index < -0.39 is 6.37 Å². The van der Waals surface area contributed by atoms with Crippen molar-refractivity contribution < 1.29 is 37.2 Å². The summed E-state index contributed by atoms with van der Waals surface area (Å²) in [7, 11) is 0. The number of aliphatic hydroxyl groups is 1. The Bertz CT molecular complexity index is 2400. The van der Waals surface area contributed by atoms with E-state index in [0.717, 1.165) is 63.9 Å². The van der Waals surface area contributed by atoms with Crippen LogP contribution in [-0.4, -0.2) is 20.9 Å². The third kappa shape index (κ3) is 8.51. The molecular formula is C48H59IrN2O3-.